The first-order valence-electron chi connectivity index (χ1n) is 9.03. The molecular weight excluding hydrogens is 342 g/mol. The number of carbonyl (C=O) groups excluding carboxylic acids is 3. The maximum Gasteiger partial charge on any atom is 0.267 e. The van der Waals surface area contributed by atoms with E-state index in [0.29, 0.717) is 11.3 Å². The average Bonchev–Trinajstić information content (AvgIpc) is 3.05. The van der Waals surface area contributed by atoms with Crippen molar-refractivity contribution in [2.75, 3.05) is 11.9 Å². The number of para-hydroxylation sites is 1. The molecule has 0 radical (unpaired) electrons. The van der Waals surface area contributed by atoms with E-state index in [1.165, 1.54) is 9.80 Å². The van der Waals surface area contributed by atoms with Crippen molar-refractivity contribution in [1.82, 2.24) is 10.2 Å². The van der Waals surface area contributed by atoms with Crippen LogP contribution >= 0.6 is 0 Å². The third-order valence-electron chi connectivity index (χ3n) is 5.55. The number of hydrogen-bond acceptors (Lipinski definition) is 3. The van der Waals surface area contributed by atoms with Crippen molar-refractivity contribution in [3.63, 3.8) is 0 Å². The van der Waals surface area contributed by atoms with Crippen LogP contribution in [0.3, 0.4) is 0 Å². The predicted octanol–water partition coefficient (Wildman–Crippen LogP) is 2.47. The molecule has 2 aromatic carbocycles. The molecule has 3 amide bonds. The van der Waals surface area contributed by atoms with Crippen LogP contribution in [0.5, 0.6) is 0 Å². The smallest absolute Gasteiger partial charge is 0.267 e. The molecule has 27 heavy (non-hydrogen) atoms. The average molecular weight is 363 g/mol. The number of nitrogens with one attached hydrogen (secondary N) is 1. The number of likely N-dealkylation sites (N-methyl/N-ethyl adjacent to an activating group) is 1. The van der Waals surface area contributed by atoms with Crippen LogP contribution in [0.25, 0.3) is 0 Å². The minimum absolute atomic E-state index is 0.149. The standard InChI is InChI=1S/C21H21N3O3/c1-14(15-8-4-3-5-9-15)22-20(27)21-13-12-18(25)24(21)17-11-7-6-10-16(17)19(26)23(21)2/h3-11,14H,12-13H2,1-2H3,(H,22,27)/t14-,21+/m0/s1. The molecule has 0 aromatic heterocycles. The Morgan fingerprint density at radius 2 is 1.74 bits per heavy atom. The van der Waals surface area contributed by atoms with Crippen LogP contribution in [0.2, 0.25) is 0 Å². The summed E-state index contributed by atoms with van der Waals surface area (Å²) in [5, 5.41) is 3.00. The zero-order valence-electron chi connectivity index (χ0n) is 15.3. The van der Waals surface area contributed by atoms with Crippen molar-refractivity contribution in [2.24, 2.45) is 0 Å². The summed E-state index contributed by atoms with van der Waals surface area (Å²) in [6, 6.07) is 16.3. The van der Waals surface area contributed by atoms with E-state index in [1.807, 2.05) is 37.3 Å². The van der Waals surface area contributed by atoms with E-state index >= 15 is 0 Å². The Morgan fingerprint density at radius 1 is 1.07 bits per heavy atom. The van der Waals surface area contributed by atoms with E-state index in [2.05, 4.69) is 5.32 Å². The number of hydrogen-bond donors (Lipinski definition) is 1. The van der Waals surface area contributed by atoms with Gasteiger partial charge in [0.05, 0.1) is 17.3 Å². The molecule has 0 bridgehead atoms. The summed E-state index contributed by atoms with van der Waals surface area (Å²) in [6.07, 6.45) is 0.495. The highest BCUT2D eigenvalue weighted by molar-refractivity contribution is 6.16. The largest absolute Gasteiger partial charge is 0.346 e. The molecule has 6 heteroatoms. The normalized spacial score (nSPS) is 22.3. The lowest BCUT2D eigenvalue weighted by Gasteiger charge is -2.47. The van der Waals surface area contributed by atoms with Gasteiger partial charge in [-0.2, -0.15) is 0 Å². The molecular formula is C21H21N3O3. The van der Waals surface area contributed by atoms with Crippen molar-refractivity contribution < 1.29 is 14.4 Å². The number of rotatable bonds is 3. The molecule has 1 N–H and O–H groups in total. The maximum absolute atomic E-state index is 13.4. The van der Waals surface area contributed by atoms with Crippen LogP contribution in [-0.4, -0.2) is 35.3 Å². The third kappa shape index (κ3) is 2.44. The second-order valence-electron chi connectivity index (χ2n) is 7.03. The number of amides is 3. The molecule has 0 saturated carbocycles. The Morgan fingerprint density at radius 3 is 2.48 bits per heavy atom. The van der Waals surface area contributed by atoms with Gasteiger partial charge in [0.1, 0.15) is 0 Å². The summed E-state index contributed by atoms with van der Waals surface area (Å²) in [4.78, 5) is 41.9. The van der Waals surface area contributed by atoms with Gasteiger partial charge in [-0.15, -0.1) is 0 Å². The summed E-state index contributed by atoms with van der Waals surface area (Å²) in [5.41, 5.74) is 0.578. The molecule has 0 unspecified atom stereocenters. The highest BCUT2D eigenvalue weighted by atomic mass is 16.2. The first kappa shape index (κ1) is 17.3. The molecule has 6 nitrogen and oxygen atoms in total. The van der Waals surface area contributed by atoms with Gasteiger partial charge in [-0.3, -0.25) is 19.3 Å². The van der Waals surface area contributed by atoms with Gasteiger partial charge in [0, 0.05) is 19.9 Å². The molecule has 2 aliphatic heterocycles. The van der Waals surface area contributed by atoms with E-state index in [1.54, 1.807) is 31.3 Å². The molecule has 4 rings (SSSR count). The molecule has 2 atom stereocenters. The van der Waals surface area contributed by atoms with Gasteiger partial charge in [-0.1, -0.05) is 42.5 Å². The Hall–Kier alpha value is -3.15. The van der Waals surface area contributed by atoms with E-state index in [9.17, 15) is 14.4 Å². The van der Waals surface area contributed by atoms with Crippen molar-refractivity contribution in [3.8, 4) is 0 Å². The highest BCUT2D eigenvalue weighted by Gasteiger charge is 2.59. The van der Waals surface area contributed by atoms with Crippen molar-refractivity contribution in [3.05, 3.63) is 65.7 Å². The SMILES string of the molecule is C[C@H](NC(=O)[C@@]12CCC(=O)N1c1ccccc1C(=O)N2C)c1ccccc1. The quantitative estimate of drug-likeness (QED) is 0.911. The van der Waals surface area contributed by atoms with Crippen LogP contribution < -0.4 is 10.2 Å². The van der Waals surface area contributed by atoms with E-state index in [0.717, 1.165) is 5.56 Å². The van der Waals surface area contributed by atoms with Gasteiger partial charge in [0.25, 0.3) is 11.8 Å². The topological polar surface area (TPSA) is 69.7 Å². The van der Waals surface area contributed by atoms with Gasteiger partial charge in [-0.25, -0.2) is 0 Å². The van der Waals surface area contributed by atoms with Gasteiger partial charge in [0.15, 0.2) is 0 Å². The predicted molar refractivity (Wildman–Crippen MR) is 101 cm³/mol. The summed E-state index contributed by atoms with van der Waals surface area (Å²) in [5.74, 6) is -0.738. The Bertz CT molecular complexity index is 927. The van der Waals surface area contributed by atoms with Gasteiger partial charge in [0.2, 0.25) is 11.6 Å². The van der Waals surface area contributed by atoms with E-state index in [4.69, 9.17) is 0 Å². The third-order valence-corrected chi connectivity index (χ3v) is 5.55. The fraction of sp³-hybridized carbons (Fsp3) is 0.286. The van der Waals surface area contributed by atoms with E-state index < -0.39 is 5.66 Å². The zero-order chi connectivity index (χ0) is 19.2. The second kappa shape index (κ2) is 6.23. The Balaban J connectivity index is 1.75. The Labute approximate surface area is 157 Å². The molecule has 1 saturated heterocycles. The van der Waals surface area contributed by atoms with Gasteiger partial charge >= 0.3 is 0 Å². The molecule has 0 aliphatic carbocycles. The number of carbonyl (C=O) groups is 3. The first-order chi connectivity index (χ1) is 13.0. The summed E-state index contributed by atoms with van der Waals surface area (Å²) in [6.45, 7) is 1.89. The molecule has 138 valence electrons. The van der Waals surface area contributed by atoms with Crippen LogP contribution in [0.1, 0.15) is 41.7 Å². The Kier molecular flexibility index (Phi) is 3.98. The molecule has 1 fully saturated rings. The van der Waals surface area contributed by atoms with E-state index in [-0.39, 0.29) is 36.6 Å². The number of benzene rings is 2. The summed E-state index contributed by atoms with van der Waals surface area (Å²) >= 11 is 0. The van der Waals surface area contributed by atoms with Crippen molar-refractivity contribution >= 4 is 23.4 Å². The van der Waals surface area contributed by atoms with Crippen LogP contribution in [-0.2, 0) is 9.59 Å². The number of nitrogens with zero attached hydrogens (tertiary/aromatic N) is 2. The van der Waals surface area contributed by atoms with Crippen LogP contribution in [0.15, 0.2) is 54.6 Å². The summed E-state index contributed by atoms with van der Waals surface area (Å²) in [7, 11) is 1.59. The van der Waals surface area contributed by atoms with Crippen LogP contribution in [0, 0.1) is 0 Å². The van der Waals surface area contributed by atoms with Crippen molar-refractivity contribution in [1.29, 1.82) is 0 Å². The van der Waals surface area contributed by atoms with Gasteiger partial charge < -0.3 is 10.2 Å². The molecule has 2 heterocycles. The lowest BCUT2D eigenvalue weighted by atomic mass is 9.95. The molecule has 2 aromatic rings. The zero-order valence-corrected chi connectivity index (χ0v) is 15.3. The lowest BCUT2D eigenvalue weighted by molar-refractivity contribution is -0.133. The maximum atomic E-state index is 13.4. The fourth-order valence-electron chi connectivity index (χ4n) is 4.07. The van der Waals surface area contributed by atoms with Crippen LogP contribution in [0.4, 0.5) is 5.69 Å². The second-order valence-corrected chi connectivity index (χ2v) is 7.03. The highest BCUT2D eigenvalue weighted by Crippen LogP contribution is 2.44. The monoisotopic (exact) mass is 363 g/mol. The molecule has 2 aliphatic rings. The lowest BCUT2D eigenvalue weighted by Crippen LogP contribution is -2.69. The first-order valence-corrected chi connectivity index (χ1v) is 9.03. The molecule has 0 spiro atoms. The number of fused-ring (bicyclic) bond motifs is 3. The minimum Gasteiger partial charge on any atom is -0.346 e. The number of anilines is 1. The fourth-order valence-corrected chi connectivity index (χ4v) is 4.07. The summed E-state index contributed by atoms with van der Waals surface area (Å²) < 4.78 is 0. The van der Waals surface area contributed by atoms with Crippen molar-refractivity contribution in [2.45, 2.75) is 31.5 Å². The minimum atomic E-state index is -1.33. The van der Waals surface area contributed by atoms with Gasteiger partial charge in [-0.05, 0) is 24.6 Å².